The lowest BCUT2D eigenvalue weighted by atomic mass is 10.2. The zero-order chi connectivity index (χ0) is 22.0. The molecule has 1 fully saturated rings. The summed E-state index contributed by atoms with van der Waals surface area (Å²) < 4.78 is 6.31. The van der Waals surface area contributed by atoms with Gasteiger partial charge in [0.25, 0.3) is 11.1 Å². The van der Waals surface area contributed by atoms with Gasteiger partial charge in [-0.15, -0.1) is 0 Å². The number of ether oxygens (including phenoxy) is 1. The normalized spacial score (nSPS) is 15.0. The Labute approximate surface area is 190 Å². The molecule has 156 valence electrons. The van der Waals surface area contributed by atoms with Gasteiger partial charge in [0, 0.05) is 35.0 Å². The van der Waals surface area contributed by atoms with Gasteiger partial charge in [0.05, 0.1) is 4.91 Å². The molecule has 0 saturated carbocycles. The van der Waals surface area contributed by atoms with Crippen LogP contribution in [0.1, 0.15) is 11.1 Å². The molecule has 1 aromatic heterocycles. The van der Waals surface area contributed by atoms with Crippen LogP contribution in [0.2, 0.25) is 0 Å². The summed E-state index contributed by atoms with van der Waals surface area (Å²) in [5.74, 6) is 0.419. The summed E-state index contributed by atoms with van der Waals surface area (Å²) in [6.45, 7) is 0.148. The van der Waals surface area contributed by atoms with Crippen molar-refractivity contribution in [3.05, 3.63) is 75.4 Å². The first-order valence-corrected chi connectivity index (χ1v) is 10.8. The third-order valence-electron chi connectivity index (χ3n) is 4.48. The highest BCUT2D eigenvalue weighted by atomic mass is 79.9. The number of likely N-dealkylation sites (N-methyl/N-ethyl adjacent to an activating group) is 1. The van der Waals surface area contributed by atoms with Crippen LogP contribution < -0.4 is 4.74 Å². The number of carbonyl (C=O) groups is 2. The number of benzene rings is 2. The van der Waals surface area contributed by atoms with Crippen molar-refractivity contribution in [2.75, 3.05) is 7.05 Å². The molecule has 2 heterocycles. The molecule has 0 spiro atoms. The lowest BCUT2D eigenvalue weighted by Crippen LogP contribution is -2.22. The Balaban J connectivity index is 1.51. The number of nitrogens with zero attached hydrogens (tertiary/aromatic N) is 3. The average Bonchev–Trinajstić information content (AvgIpc) is 3.02. The Morgan fingerprint density at radius 3 is 2.52 bits per heavy atom. The smallest absolute Gasteiger partial charge is 0.293 e. The predicted octanol–water partition coefficient (Wildman–Crippen LogP) is 4.86. The van der Waals surface area contributed by atoms with Gasteiger partial charge < -0.3 is 9.84 Å². The van der Waals surface area contributed by atoms with Gasteiger partial charge >= 0.3 is 0 Å². The Morgan fingerprint density at radius 2 is 1.87 bits per heavy atom. The van der Waals surface area contributed by atoms with Crippen molar-refractivity contribution in [2.45, 2.75) is 6.61 Å². The third kappa shape index (κ3) is 4.62. The predicted molar refractivity (Wildman–Crippen MR) is 121 cm³/mol. The number of imide groups is 1. The van der Waals surface area contributed by atoms with Crippen LogP contribution in [-0.4, -0.2) is 38.2 Å². The molecule has 2 amide bonds. The topological polar surface area (TPSA) is 92.6 Å². The minimum absolute atomic E-state index is 0.0607. The van der Waals surface area contributed by atoms with Crippen molar-refractivity contribution in [2.24, 2.45) is 0 Å². The molecule has 31 heavy (non-hydrogen) atoms. The zero-order valence-electron chi connectivity index (χ0n) is 16.3. The van der Waals surface area contributed by atoms with Crippen LogP contribution in [0, 0.1) is 0 Å². The maximum atomic E-state index is 12.1. The summed E-state index contributed by atoms with van der Waals surface area (Å²) >= 11 is 4.23. The van der Waals surface area contributed by atoms with E-state index in [0.717, 1.165) is 27.8 Å². The first kappa shape index (κ1) is 21.1. The van der Waals surface area contributed by atoms with Crippen molar-refractivity contribution in [1.29, 1.82) is 0 Å². The second kappa shape index (κ2) is 8.91. The number of phenols is 1. The third-order valence-corrected chi connectivity index (χ3v) is 6.13. The maximum Gasteiger partial charge on any atom is 0.293 e. The van der Waals surface area contributed by atoms with E-state index in [1.54, 1.807) is 24.5 Å². The number of aromatic hydroxyl groups is 1. The quantitative estimate of drug-likeness (QED) is 0.503. The number of hydrogen-bond acceptors (Lipinski definition) is 7. The van der Waals surface area contributed by atoms with Crippen molar-refractivity contribution in [3.63, 3.8) is 0 Å². The Bertz CT molecular complexity index is 1180. The first-order valence-electron chi connectivity index (χ1n) is 9.15. The largest absolute Gasteiger partial charge is 0.504 e. The van der Waals surface area contributed by atoms with Gasteiger partial charge in [-0.05, 0) is 35.5 Å². The molecule has 0 bridgehead atoms. The van der Waals surface area contributed by atoms with Gasteiger partial charge in [0.2, 0.25) is 0 Å². The standard InChI is InChI=1S/C22H16BrN3O4S/c1-26-21(28)19(31-22(26)29)8-15-7-18(17(27)9-16(15)23)30-12-13-10-24-20(25-11-13)14-5-3-2-4-6-14/h2-11,27H,12H2,1H3/b19-8-. The summed E-state index contributed by atoms with van der Waals surface area (Å²) in [5.41, 5.74) is 2.25. The van der Waals surface area contributed by atoms with E-state index >= 15 is 0 Å². The molecule has 1 aliphatic rings. The Hall–Kier alpha value is -3.17. The number of amides is 2. The first-order chi connectivity index (χ1) is 14.9. The summed E-state index contributed by atoms with van der Waals surface area (Å²) in [5, 5.41) is 9.91. The fraction of sp³-hybridized carbons (Fsp3) is 0.0909. The van der Waals surface area contributed by atoms with Gasteiger partial charge in [0.1, 0.15) is 6.61 Å². The number of halogens is 1. The number of carbonyl (C=O) groups excluding carboxylic acids is 2. The minimum Gasteiger partial charge on any atom is -0.504 e. The molecule has 0 aliphatic carbocycles. The van der Waals surface area contributed by atoms with Crippen LogP contribution in [0.15, 0.2) is 64.2 Å². The lowest BCUT2D eigenvalue weighted by molar-refractivity contribution is -0.121. The second-order valence-corrected chi connectivity index (χ2v) is 8.50. The van der Waals surface area contributed by atoms with Crippen molar-refractivity contribution in [1.82, 2.24) is 14.9 Å². The van der Waals surface area contributed by atoms with Gasteiger partial charge in [-0.1, -0.05) is 46.3 Å². The molecule has 7 nitrogen and oxygen atoms in total. The molecule has 0 atom stereocenters. The fourth-order valence-electron chi connectivity index (χ4n) is 2.80. The SMILES string of the molecule is CN1C(=O)S/C(=C\c2cc(OCc3cnc(-c4ccccc4)nc3)c(O)cc2Br)C1=O. The molecule has 4 rings (SSSR count). The van der Waals surface area contributed by atoms with E-state index in [1.807, 2.05) is 30.3 Å². The summed E-state index contributed by atoms with van der Waals surface area (Å²) in [7, 11) is 1.43. The minimum atomic E-state index is -0.368. The lowest BCUT2D eigenvalue weighted by Gasteiger charge is -2.11. The summed E-state index contributed by atoms with van der Waals surface area (Å²) in [6.07, 6.45) is 4.93. The molecular weight excluding hydrogens is 482 g/mol. The zero-order valence-corrected chi connectivity index (χ0v) is 18.7. The highest BCUT2D eigenvalue weighted by molar-refractivity contribution is 9.10. The van der Waals surface area contributed by atoms with Crippen molar-refractivity contribution >= 4 is 44.9 Å². The number of thioether (sulfide) groups is 1. The number of phenolic OH excluding ortho intramolecular Hbond substituents is 1. The van der Waals surface area contributed by atoms with E-state index in [9.17, 15) is 14.7 Å². The number of aromatic nitrogens is 2. The molecular formula is C22H16BrN3O4S. The van der Waals surface area contributed by atoms with E-state index in [-0.39, 0.29) is 29.3 Å². The van der Waals surface area contributed by atoms with E-state index in [0.29, 0.717) is 20.8 Å². The van der Waals surface area contributed by atoms with E-state index in [2.05, 4.69) is 25.9 Å². The summed E-state index contributed by atoms with van der Waals surface area (Å²) in [4.78, 5) is 33.9. The highest BCUT2D eigenvalue weighted by Crippen LogP contribution is 2.37. The monoisotopic (exact) mass is 497 g/mol. The second-order valence-electron chi connectivity index (χ2n) is 6.65. The van der Waals surface area contributed by atoms with Crippen LogP contribution in [0.4, 0.5) is 4.79 Å². The number of hydrogen-bond donors (Lipinski definition) is 1. The molecule has 3 aromatic rings. The maximum absolute atomic E-state index is 12.1. The van der Waals surface area contributed by atoms with Crippen LogP contribution in [0.25, 0.3) is 17.5 Å². The van der Waals surface area contributed by atoms with Gasteiger partial charge in [-0.25, -0.2) is 9.97 Å². The van der Waals surface area contributed by atoms with Crippen molar-refractivity contribution in [3.8, 4) is 22.9 Å². The number of rotatable bonds is 5. The van der Waals surface area contributed by atoms with Crippen LogP contribution >= 0.6 is 27.7 Å². The highest BCUT2D eigenvalue weighted by Gasteiger charge is 2.32. The molecule has 1 saturated heterocycles. The van der Waals surface area contributed by atoms with E-state index in [4.69, 9.17) is 4.74 Å². The van der Waals surface area contributed by atoms with Gasteiger partial charge in [-0.3, -0.25) is 14.5 Å². The molecule has 1 N–H and O–H groups in total. The molecule has 2 aromatic carbocycles. The summed E-state index contributed by atoms with van der Waals surface area (Å²) in [6, 6.07) is 12.7. The van der Waals surface area contributed by atoms with E-state index in [1.165, 1.54) is 13.1 Å². The van der Waals surface area contributed by atoms with Crippen LogP contribution in [0.3, 0.4) is 0 Å². The fourth-order valence-corrected chi connectivity index (χ4v) is 4.06. The van der Waals surface area contributed by atoms with Gasteiger partial charge in [-0.2, -0.15) is 0 Å². The molecule has 0 radical (unpaired) electrons. The molecule has 9 heteroatoms. The van der Waals surface area contributed by atoms with E-state index < -0.39 is 0 Å². The Morgan fingerprint density at radius 1 is 1.16 bits per heavy atom. The molecule has 0 unspecified atom stereocenters. The van der Waals surface area contributed by atoms with Gasteiger partial charge in [0.15, 0.2) is 17.3 Å². The van der Waals surface area contributed by atoms with Crippen molar-refractivity contribution < 1.29 is 19.4 Å². The van der Waals surface area contributed by atoms with Crippen LogP contribution in [-0.2, 0) is 11.4 Å². The molecule has 1 aliphatic heterocycles. The average molecular weight is 498 g/mol. The van der Waals surface area contributed by atoms with Crippen LogP contribution in [0.5, 0.6) is 11.5 Å². The Kier molecular flexibility index (Phi) is 6.06.